The molecule has 0 aromatic carbocycles. The van der Waals surface area contributed by atoms with E-state index in [1.54, 1.807) is 13.0 Å². The van der Waals surface area contributed by atoms with Crippen LogP contribution in [0.2, 0.25) is 0 Å². The number of aliphatic hydroxyl groups excluding tert-OH is 3. The van der Waals surface area contributed by atoms with Crippen LogP contribution in [0.3, 0.4) is 0 Å². The largest absolute Gasteiger partial charge is 0.396 e. The number of ether oxygens (including phenoxy) is 1. The number of ketones is 1. The zero-order chi connectivity index (χ0) is 14.9. The molecule has 1 unspecified atom stereocenters. The SMILES string of the molecule is CC1=C[C@H]2O[C@@H]3[C@H](O)C[C@@](C)([C@@H]3C)[C@@]2(CO)C(O)C1=O. The Kier molecular flexibility index (Phi) is 2.93. The molecule has 0 aromatic heterocycles. The minimum absolute atomic E-state index is 0.0323. The van der Waals surface area contributed by atoms with E-state index in [9.17, 15) is 20.1 Å². The van der Waals surface area contributed by atoms with Crippen LogP contribution in [0.25, 0.3) is 0 Å². The molecule has 7 atom stereocenters. The Labute approximate surface area is 118 Å². The Balaban J connectivity index is 2.20. The maximum atomic E-state index is 12.2. The summed E-state index contributed by atoms with van der Waals surface area (Å²) < 4.78 is 5.96. The van der Waals surface area contributed by atoms with Gasteiger partial charge < -0.3 is 20.1 Å². The topological polar surface area (TPSA) is 87.0 Å². The van der Waals surface area contributed by atoms with E-state index in [0.29, 0.717) is 12.0 Å². The van der Waals surface area contributed by atoms with Crippen LogP contribution in [0.15, 0.2) is 11.6 Å². The Morgan fingerprint density at radius 1 is 1.45 bits per heavy atom. The van der Waals surface area contributed by atoms with Crippen LogP contribution in [0, 0.1) is 16.7 Å². The predicted molar refractivity (Wildman–Crippen MR) is 70.8 cm³/mol. The Bertz CT molecular complexity index is 487. The van der Waals surface area contributed by atoms with Crippen molar-refractivity contribution in [1.29, 1.82) is 0 Å². The van der Waals surface area contributed by atoms with Crippen LogP contribution >= 0.6 is 0 Å². The predicted octanol–water partition coefficient (Wildman–Crippen LogP) is 0.0294. The Morgan fingerprint density at radius 2 is 2.10 bits per heavy atom. The van der Waals surface area contributed by atoms with E-state index in [1.807, 2.05) is 13.8 Å². The van der Waals surface area contributed by atoms with Crippen molar-refractivity contribution < 1.29 is 24.9 Å². The average Bonchev–Trinajstić information content (AvgIpc) is 2.55. The zero-order valence-corrected chi connectivity index (χ0v) is 12.0. The van der Waals surface area contributed by atoms with Gasteiger partial charge in [-0.15, -0.1) is 0 Å². The van der Waals surface area contributed by atoms with Gasteiger partial charge in [0.2, 0.25) is 0 Å². The second kappa shape index (κ2) is 4.13. The van der Waals surface area contributed by atoms with Crippen LogP contribution < -0.4 is 0 Å². The molecular formula is C15H22O5. The normalized spacial score (nSPS) is 54.6. The summed E-state index contributed by atoms with van der Waals surface area (Å²) >= 11 is 0. The standard InChI is InChI=1S/C15H22O5/c1-7-4-10-15(6-16,13(19)11(7)18)14(3)5-9(17)12(20-10)8(14)2/h4,8-10,12-13,16-17,19H,5-6H2,1-3H3/t8-,9-,10-,12+,13?,14+,15-/m1/s1. The lowest BCUT2D eigenvalue weighted by Crippen LogP contribution is -2.67. The fraction of sp³-hybridized carbons (Fsp3) is 0.800. The minimum atomic E-state index is -1.29. The second-order valence-electron chi connectivity index (χ2n) is 6.81. The first-order chi connectivity index (χ1) is 9.29. The van der Waals surface area contributed by atoms with Gasteiger partial charge >= 0.3 is 0 Å². The molecule has 112 valence electrons. The van der Waals surface area contributed by atoms with Gasteiger partial charge in [-0.2, -0.15) is 0 Å². The molecule has 2 bridgehead atoms. The van der Waals surface area contributed by atoms with Gasteiger partial charge in [0, 0.05) is 0 Å². The van der Waals surface area contributed by atoms with Gasteiger partial charge in [-0.3, -0.25) is 4.79 Å². The van der Waals surface area contributed by atoms with Crippen molar-refractivity contribution in [1.82, 2.24) is 0 Å². The van der Waals surface area contributed by atoms with Crippen molar-refractivity contribution in [3.8, 4) is 0 Å². The van der Waals surface area contributed by atoms with Crippen LogP contribution in [0.1, 0.15) is 27.2 Å². The molecule has 1 heterocycles. The first-order valence-corrected chi connectivity index (χ1v) is 7.14. The summed E-state index contributed by atoms with van der Waals surface area (Å²) in [4.78, 5) is 12.2. The van der Waals surface area contributed by atoms with E-state index in [0.717, 1.165) is 0 Å². The fourth-order valence-electron chi connectivity index (χ4n) is 4.64. The molecule has 0 radical (unpaired) electrons. The minimum Gasteiger partial charge on any atom is -0.396 e. The molecule has 3 rings (SSSR count). The third-order valence-electron chi connectivity index (χ3n) is 6.17. The van der Waals surface area contributed by atoms with Crippen LogP contribution in [-0.2, 0) is 9.53 Å². The summed E-state index contributed by atoms with van der Waals surface area (Å²) in [5, 5.41) is 30.8. The maximum Gasteiger partial charge on any atom is 0.187 e. The van der Waals surface area contributed by atoms with Crippen molar-refractivity contribution in [3.05, 3.63) is 11.6 Å². The van der Waals surface area contributed by atoms with E-state index >= 15 is 0 Å². The van der Waals surface area contributed by atoms with E-state index in [4.69, 9.17) is 4.74 Å². The molecule has 0 amide bonds. The molecule has 0 aromatic rings. The number of fused-ring (bicyclic) bond motifs is 4. The molecule has 1 saturated carbocycles. The highest BCUT2D eigenvalue weighted by atomic mass is 16.5. The number of carbonyl (C=O) groups is 1. The highest BCUT2D eigenvalue weighted by Gasteiger charge is 2.70. The third-order valence-corrected chi connectivity index (χ3v) is 6.17. The number of hydrogen-bond acceptors (Lipinski definition) is 5. The van der Waals surface area contributed by atoms with Crippen molar-refractivity contribution in [2.75, 3.05) is 6.61 Å². The quantitative estimate of drug-likeness (QED) is 0.631. The monoisotopic (exact) mass is 282 g/mol. The molecule has 2 aliphatic carbocycles. The molecule has 0 spiro atoms. The molecule has 2 fully saturated rings. The van der Waals surface area contributed by atoms with E-state index in [1.165, 1.54) is 0 Å². The summed E-state index contributed by atoms with van der Waals surface area (Å²) in [7, 11) is 0. The fourth-order valence-corrected chi connectivity index (χ4v) is 4.64. The van der Waals surface area contributed by atoms with E-state index in [-0.39, 0.29) is 24.4 Å². The summed E-state index contributed by atoms with van der Waals surface area (Å²) in [5.41, 5.74) is -1.16. The average molecular weight is 282 g/mol. The Morgan fingerprint density at radius 3 is 2.70 bits per heavy atom. The first-order valence-electron chi connectivity index (χ1n) is 7.14. The molecule has 20 heavy (non-hydrogen) atoms. The number of aliphatic hydroxyl groups is 3. The highest BCUT2D eigenvalue weighted by Crippen LogP contribution is 2.64. The van der Waals surface area contributed by atoms with Crippen molar-refractivity contribution >= 4 is 5.78 Å². The van der Waals surface area contributed by atoms with Crippen molar-refractivity contribution in [3.63, 3.8) is 0 Å². The van der Waals surface area contributed by atoms with Gasteiger partial charge in [-0.1, -0.05) is 13.8 Å². The van der Waals surface area contributed by atoms with E-state index < -0.39 is 29.1 Å². The summed E-state index contributed by atoms with van der Waals surface area (Å²) in [6, 6.07) is 0. The molecule has 3 aliphatic rings. The van der Waals surface area contributed by atoms with Gasteiger partial charge in [0.25, 0.3) is 0 Å². The number of rotatable bonds is 1. The number of carbonyl (C=O) groups excluding carboxylic acids is 1. The maximum absolute atomic E-state index is 12.2. The smallest absolute Gasteiger partial charge is 0.187 e. The lowest BCUT2D eigenvalue weighted by Gasteiger charge is -2.58. The second-order valence-corrected chi connectivity index (χ2v) is 6.81. The van der Waals surface area contributed by atoms with E-state index in [2.05, 4.69) is 0 Å². The Hall–Kier alpha value is -0.750. The van der Waals surface area contributed by atoms with Crippen LogP contribution in [0.4, 0.5) is 0 Å². The molecule has 3 N–H and O–H groups in total. The van der Waals surface area contributed by atoms with Gasteiger partial charge in [0.1, 0.15) is 6.10 Å². The van der Waals surface area contributed by atoms with Crippen molar-refractivity contribution in [2.45, 2.75) is 51.6 Å². The van der Waals surface area contributed by atoms with Gasteiger partial charge in [-0.25, -0.2) is 0 Å². The highest BCUT2D eigenvalue weighted by molar-refractivity contribution is 6.00. The summed E-state index contributed by atoms with van der Waals surface area (Å²) in [6.07, 6.45) is -0.646. The lowest BCUT2D eigenvalue weighted by molar-refractivity contribution is -0.236. The summed E-state index contributed by atoms with van der Waals surface area (Å²) in [5.74, 6) is -0.387. The third kappa shape index (κ3) is 1.34. The lowest BCUT2D eigenvalue weighted by atomic mass is 9.51. The van der Waals surface area contributed by atoms with Crippen LogP contribution in [0.5, 0.6) is 0 Å². The molecule has 5 heteroatoms. The van der Waals surface area contributed by atoms with Gasteiger partial charge in [0.05, 0.1) is 30.3 Å². The van der Waals surface area contributed by atoms with Gasteiger partial charge in [0.15, 0.2) is 5.78 Å². The number of hydrogen-bond donors (Lipinski definition) is 3. The van der Waals surface area contributed by atoms with Crippen LogP contribution in [-0.4, -0.2) is 52.1 Å². The van der Waals surface area contributed by atoms with Gasteiger partial charge in [-0.05, 0) is 36.3 Å². The zero-order valence-electron chi connectivity index (χ0n) is 12.0. The molecule has 5 nitrogen and oxygen atoms in total. The summed E-state index contributed by atoms with van der Waals surface area (Å²) in [6.45, 7) is 5.21. The first kappa shape index (κ1) is 14.2. The number of Topliss-reactive ketones (excluding diaryl/α,β-unsaturated/α-hetero) is 1. The van der Waals surface area contributed by atoms with Crippen molar-refractivity contribution in [2.24, 2.45) is 16.7 Å². The molecular weight excluding hydrogens is 260 g/mol. The molecule has 1 aliphatic heterocycles. The molecule has 1 saturated heterocycles.